The van der Waals surface area contributed by atoms with Crippen LogP contribution in [-0.4, -0.2) is 11.2 Å². The summed E-state index contributed by atoms with van der Waals surface area (Å²) in [4.78, 5) is 0. The Bertz CT molecular complexity index is 209. The third-order valence-corrected chi connectivity index (χ3v) is 4.79. The lowest BCUT2D eigenvalue weighted by Crippen LogP contribution is -2.21. The molecule has 0 aromatic carbocycles. The van der Waals surface area contributed by atoms with Gasteiger partial charge in [0.05, 0.1) is 6.10 Å². The predicted octanol–water partition coefficient (Wildman–Crippen LogP) is 1.91. The minimum Gasteiger partial charge on any atom is -0.393 e. The van der Waals surface area contributed by atoms with Crippen LogP contribution in [0.3, 0.4) is 0 Å². The standard InChI is InChI=1S/C11H18O/c1-5(2)9-7-3-6-4-8(7)11(12)10(6)9/h5-12H,3-4H2,1-2H3/t6-,7+,8-,9+,10+,11?/m1/s1. The molecule has 0 saturated heterocycles. The van der Waals surface area contributed by atoms with Crippen molar-refractivity contribution in [2.75, 3.05) is 0 Å². The van der Waals surface area contributed by atoms with Crippen molar-refractivity contribution >= 4 is 0 Å². The Labute approximate surface area is 74.2 Å². The second kappa shape index (κ2) is 2.06. The topological polar surface area (TPSA) is 20.2 Å². The molecule has 0 amide bonds. The molecule has 4 rings (SSSR count). The highest BCUT2D eigenvalue weighted by Gasteiger charge is 2.64. The van der Waals surface area contributed by atoms with E-state index >= 15 is 0 Å². The minimum absolute atomic E-state index is 0.0844. The molecule has 0 aromatic rings. The third kappa shape index (κ3) is 0.618. The Morgan fingerprint density at radius 1 is 1.17 bits per heavy atom. The van der Waals surface area contributed by atoms with E-state index in [9.17, 15) is 5.11 Å². The van der Waals surface area contributed by atoms with Crippen molar-refractivity contribution in [1.82, 2.24) is 0 Å². The molecule has 4 fully saturated rings. The molecule has 68 valence electrons. The Balaban J connectivity index is 1.95. The van der Waals surface area contributed by atoms with Crippen molar-refractivity contribution in [2.24, 2.45) is 35.5 Å². The van der Waals surface area contributed by atoms with Crippen molar-refractivity contribution in [2.45, 2.75) is 32.8 Å². The number of aliphatic hydroxyl groups excluding tert-OH is 1. The van der Waals surface area contributed by atoms with E-state index in [2.05, 4.69) is 13.8 Å². The van der Waals surface area contributed by atoms with Gasteiger partial charge in [0.15, 0.2) is 0 Å². The van der Waals surface area contributed by atoms with E-state index in [1.807, 2.05) is 0 Å². The first-order chi connectivity index (χ1) is 5.70. The SMILES string of the molecule is CC(C)[C@H]1[C@H]2C[C@@H]3C[C@H]2C(O)[C@@H]31. The van der Waals surface area contributed by atoms with Crippen molar-refractivity contribution < 1.29 is 5.11 Å². The molecule has 1 unspecified atom stereocenters. The Hall–Kier alpha value is -0.0400. The summed E-state index contributed by atoms with van der Waals surface area (Å²) in [6.07, 6.45) is 2.87. The molecule has 0 radical (unpaired) electrons. The monoisotopic (exact) mass is 166 g/mol. The molecule has 4 saturated carbocycles. The summed E-state index contributed by atoms with van der Waals surface area (Å²) < 4.78 is 0. The van der Waals surface area contributed by atoms with Crippen LogP contribution in [0.25, 0.3) is 0 Å². The van der Waals surface area contributed by atoms with Crippen LogP contribution in [0.1, 0.15) is 26.7 Å². The smallest absolute Gasteiger partial charge is 0.0604 e. The van der Waals surface area contributed by atoms with Crippen molar-refractivity contribution in [3.63, 3.8) is 0 Å². The highest BCUT2D eigenvalue weighted by atomic mass is 16.3. The quantitative estimate of drug-likeness (QED) is 0.631. The molecule has 0 heterocycles. The summed E-state index contributed by atoms with van der Waals surface area (Å²) in [7, 11) is 0. The van der Waals surface area contributed by atoms with Gasteiger partial charge in [-0.2, -0.15) is 0 Å². The summed E-state index contributed by atoms with van der Waals surface area (Å²) in [5.74, 6) is 4.86. The molecule has 12 heavy (non-hydrogen) atoms. The highest BCUT2D eigenvalue weighted by Crippen LogP contribution is 2.67. The van der Waals surface area contributed by atoms with Gasteiger partial charge in [0, 0.05) is 0 Å². The molecule has 4 bridgehead atoms. The molecular weight excluding hydrogens is 148 g/mol. The van der Waals surface area contributed by atoms with Gasteiger partial charge in [-0.25, -0.2) is 0 Å². The van der Waals surface area contributed by atoms with Gasteiger partial charge in [-0.1, -0.05) is 13.8 Å². The van der Waals surface area contributed by atoms with Crippen LogP contribution in [0.4, 0.5) is 0 Å². The van der Waals surface area contributed by atoms with E-state index < -0.39 is 0 Å². The summed E-state index contributed by atoms with van der Waals surface area (Å²) in [6, 6.07) is 0. The second-order valence-corrected chi connectivity index (χ2v) is 5.45. The lowest BCUT2D eigenvalue weighted by molar-refractivity contribution is 0.0944. The van der Waals surface area contributed by atoms with E-state index in [1.54, 1.807) is 0 Å². The van der Waals surface area contributed by atoms with Gasteiger partial charge >= 0.3 is 0 Å². The van der Waals surface area contributed by atoms with Crippen LogP contribution < -0.4 is 0 Å². The fourth-order valence-corrected chi connectivity index (χ4v) is 4.63. The zero-order chi connectivity index (χ0) is 8.46. The number of aliphatic hydroxyl groups is 1. The fraction of sp³-hybridized carbons (Fsp3) is 1.00. The molecule has 0 aliphatic heterocycles. The van der Waals surface area contributed by atoms with E-state index in [0.29, 0.717) is 11.8 Å². The van der Waals surface area contributed by atoms with E-state index in [4.69, 9.17) is 0 Å². The summed E-state index contributed by atoms with van der Waals surface area (Å²) >= 11 is 0. The van der Waals surface area contributed by atoms with Gasteiger partial charge in [0.25, 0.3) is 0 Å². The van der Waals surface area contributed by atoms with Crippen LogP contribution in [0, 0.1) is 35.5 Å². The predicted molar refractivity (Wildman–Crippen MR) is 47.5 cm³/mol. The molecule has 4 aliphatic rings. The zero-order valence-corrected chi connectivity index (χ0v) is 7.90. The van der Waals surface area contributed by atoms with Gasteiger partial charge in [-0.05, 0) is 48.3 Å². The van der Waals surface area contributed by atoms with Crippen LogP contribution >= 0.6 is 0 Å². The number of hydrogen-bond acceptors (Lipinski definition) is 1. The average molecular weight is 166 g/mol. The molecular formula is C11H18O. The van der Waals surface area contributed by atoms with Gasteiger partial charge < -0.3 is 5.11 Å². The first-order valence-electron chi connectivity index (χ1n) is 5.38. The summed E-state index contributed by atoms with van der Waals surface area (Å²) in [5.41, 5.74) is 0. The van der Waals surface area contributed by atoms with Gasteiger partial charge in [0.2, 0.25) is 0 Å². The first kappa shape index (κ1) is 7.37. The molecule has 0 spiro atoms. The zero-order valence-electron chi connectivity index (χ0n) is 7.90. The number of rotatable bonds is 1. The Kier molecular flexibility index (Phi) is 1.27. The molecule has 0 aromatic heterocycles. The minimum atomic E-state index is 0.0844. The van der Waals surface area contributed by atoms with Crippen LogP contribution in [0.15, 0.2) is 0 Å². The van der Waals surface area contributed by atoms with Crippen molar-refractivity contribution in [3.05, 3.63) is 0 Å². The molecule has 1 heteroatoms. The van der Waals surface area contributed by atoms with Gasteiger partial charge in [-0.15, -0.1) is 0 Å². The summed E-state index contributed by atoms with van der Waals surface area (Å²) in [6.45, 7) is 4.65. The van der Waals surface area contributed by atoms with E-state index in [-0.39, 0.29) is 6.10 Å². The maximum atomic E-state index is 9.95. The van der Waals surface area contributed by atoms with Crippen LogP contribution in [0.2, 0.25) is 0 Å². The van der Waals surface area contributed by atoms with Gasteiger partial charge in [-0.3, -0.25) is 0 Å². The number of hydrogen-bond donors (Lipinski definition) is 1. The molecule has 1 nitrogen and oxygen atoms in total. The lowest BCUT2D eigenvalue weighted by Gasteiger charge is -2.24. The Morgan fingerprint density at radius 3 is 2.17 bits per heavy atom. The van der Waals surface area contributed by atoms with E-state index in [1.165, 1.54) is 12.8 Å². The van der Waals surface area contributed by atoms with E-state index in [0.717, 1.165) is 23.7 Å². The first-order valence-corrected chi connectivity index (χ1v) is 5.38. The molecule has 4 aliphatic carbocycles. The van der Waals surface area contributed by atoms with Crippen LogP contribution in [0.5, 0.6) is 0 Å². The normalized spacial score (nSPS) is 61.0. The van der Waals surface area contributed by atoms with Crippen LogP contribution in [-0.2, 0) is 0 Å². The molecule has 6 atom stereocenters. The third-order valence-electron chi connectivity index (χ3n) is 4.79. The lowest BCUT2D eigenvalue weighted by atomic mass is 9.81. The van der Waals surface area contributed by atoms with Crippen molar-refractivity contribution in [3.8, 4) is 0 Å². The summed E-state index contributed by atoms with van der Waals surface area (Å²) in [5, 5.41) is 9.95. The van der Waals surface area contributed by atoms with Crippen molar-refractivity contribution in [1.29, 1.82) is 0 Å². The largest absolute Gasteiger partial charge is 0.393 e. The maximum Gasteiger partial charge on any atom is 0.0604 e. The Morgan fingerprint density at radius 2 is 1.83 bits per heavy atom. The molecule has 1 N–H and O–H groups in total. The highest BCUT2D eigenvalue weighted by molar-refractivity contribution is 5.13. The van der Waals surface area contributed by atoms with Gasteiger partial charge in [0.1, 0.15) is 0 Å². The second-order valence-electron chi connectivity index (χ2n) is 5.45. The average Bonchev–Trinajstić information content (AvgIpc) is 2.64. The maximum absolute atomic E-state index is 9.95. The fourth-order valence-electron chi connectivity index (χ4n) is 4.63.